The standard InChI is InChI=1S/C12H25NO/c1-4-11(9-14-3)13-12-7-5-6-10(2)8-12/h10-13H,4-9H2,1-3H3. The third-order valence-corrected chi connectivity index (χ3v) is 3.27. The molecule has 3 unspecified atom stereocenters. The van der Waals surface area contributed by atoms with Gasteiger partial charge in [-0.25, -0.2) is 0 Å². The average Bonchev–Trinajstić information content (AvgIpc) is 2.17. The average molecular weight is 199 g/mol. The molecule has 2 nitrogen and oxygen atoms in total. The molecule has 14 heavy (non-hydrogen) atoms. The summed E-state index contributed by atoms with van der Waals surface area (Å²) in [6.07, 6.45) is 6.67. The molecule has 0 heterocycles. The molecule has 1 N–H and O–H groups in total. The predicted octanol–water partition coefficient (Wildman–Crippen LogP) is 2.58. The molecular formula is C12H25NO. The Bertz CT molecular complexity index is 149. The third-order valence-electron chi connectivity index (χ3n) is 3.27. The minimum Gasteiger partial charge on any atom is -0.383 e. The Morgan fingerprint density at radius 1 is 1.43 bits per heavy atom. The Kier molecular flexibility index (Phi) is 5.49. The lowest BCUT2D eigenvalue weighted by Crippen LogP contribution is -2.42. The molecule has 0 aromatic heterocycles. The van der Waals surface area contributed by atoms with Crippen molar-refractivity contribution in [2.24, 2.45) is 5.92 Å². The first-order valence-electron chi connectivity index (χ1n) is 6.01. The second-order valence-electron chi connectivity index (χ2n) is 4.70. The lowest BCUT2D eigenvalue weighted by molar-refractivity contribution is 0.149. The third kappa shape index (κ3) is 3.97. The predicted molar refractivity (Wildman–Crippen MR) is 60.5 cm³/mol. The van der Waals surface area contributed by atoms with Crippen molar-refractivity contribution in [3.63, 3.8) is 0 Å². The van der Waals surface area contributed by atoms with E-state index >= 15 is 0 Å². The topological polar surface area (TPSA) is 21.3 Å². The van der Waals surface area contributed by atoms with Crippen LogP contribution in [0.5, 0.6) is 0 Å². The highest BCUT2D eigenvalue weighted by atomic mass is 16.5. The van der Waals surface area contributed by atoms with Gasteiger partial charge in [-0.15, -0.1) is 0 Å². The van der Waals surface area contributed by atoms with Gasteiger partial charge in [-0.05, 0) is 25.2 Å². The van der Waals surface area contributed by atoms with Crippen LogP contribution in [0, 0.1) is 5.92 Å². The lowest BCUT2D eigenvalue weighted by Gasteiger charge is -2.30. The molecule has 0 radical (unpaired) electrons. The maximum absolute atomic E-state index is 5.20. The van der Waals surface area contributed by atoms with Gasteiger partial charge in [0.25, 0.3) is 0 Å². The van der Waals surface area contributed by atoms with Crippen molar-refractivity contribution < 1.29 is 4.74 Å². The van der Waals surface area contributed by atoms with Gasteiger partial charge in [0.2, 0.25) is 0 Å². The van der Waals surface area contributed by atoms with Crippen LogP contribution in [-0.2, 0) is 4.74 Å². The van der Waals surface area contributed by atoms with Gasteiger partial charge in [0.1, 0.15) is 0 Å². The summed E-state index contributed by atoms with van der Waals surface area (Å²) in [5.74, 6) is 0.904. The fraction of sp³-hybridized carbons (Fsp3) is 1.00. The number of nitrogens with one attached hydrogen (secondary N) is 1. The Labute approximate surface area is 88.4 Å². The molecule has 1 aliphatic rings. The van der Waals surface area contributed by atoms with Crippen LogP contribution < -0.4 is 5.32 Å². The van der Waals surface area contributed by atoms with E-state index in [-0.39, 0.29) is 0 Å². The summed E-state index contributed by atoms with van der Waals surface area (Å²) < 4.78 is 5.20. The first-order chi connectivity index (χ1) is 6.76. The quantitative estimate of drug-likeness (QED) is 0.735. The summed E-state index contributed by atoms with van der Waals surface area (Å²) in [6.45, 7) is 5.44. The maximum Gasteiger partial charge on any atom is 0.0615 e. The van der Waals surface area contributed by atoms with E-state index in [1.54, 1.807) is 7.11 Å². The molecule has 1 rings (SSSR count). The molecule has 0 bridgehead atoms. The summed E-state index contributed by atoms with van der Waals surface area (Å²) >= 11 is 0. The molecule has 0 spiro atoms. The van der Waals surface area contributed by atoms with Crippen molar-refractivity contribution in [2.75, 3.05) is 13.7 Å². The fourth-order valence-corrected chi connectivity index (χ4v) is 2.40. The largest absolute Gasteiger partial charge is 0.383 e. The minimum atomic E-state index is 0.551. The molecule has 0 aromatic carbocycles. The molecule has 84 valence electrons. The van der Waals surface area contributed by atoms with E-state index in [1.807, 2.05) is 0 Å². The molecule has 2 heteroatoms. The van der Waals surface area contributed by atoms with Gasteiger partial charge < -0.3 is 10.1 Å². The zero-order chi connectivity index (χ0) is 10.4. The molecule has 1 fully saturated rings. The number of methoxy groups -OCH3 is 1. The van der Waals surface area contributed by atoms with Gasteiger partial charge >= 0.3 is 0 Å². The van der Waals surface area contributed by atoms with Crippen LogP contribution >= 0.6 is 0 Å². The maximum atomic E-state index is 5.20. The first kappa shape index (κ1) is 12.0. The van der Waals surface area contributed by atoms with Gasteiger partial charge in [0.05, 0.1) is 6.61 Å². The van der Waals surface area contributed by atoms with E-state index in [1.165, 1.54) is 32.1 Å². The smallest absolute Gasteiger partial charge is 0.0615 e. The van der Waals surface area contributed by atoms with Crippen molar-refractivity contribution in [1.29, 1.82) is 0 Å². The van der Waals surface area contributed by atoms with Gasteiger partial charge in [0.15, 0.2) is 0 Å². The van der Waals surface area contributed by atoms with E-state index in [9.17, 15) is 0 Å². The van der Waals surface area contributed by atoms with Gasteiger partial charge in [-0.1, -0.05) is 26.7 Å². The number of ether oxygens (including phenoxy) is 1. The van der Waals surface area contributed by atoms with Crippen LogP contribution in [0.1, 0.15) is 46.0 Å². The minimum absolute atomic E-state index is 0.551. The molecule has 1 saturated carbocycles. The van der Waals surface area contributed by atoms with E-state index in [4.69, 9.17) is 4.74 Å². The summed E-state index contributed by atoms with van der Waals surface area (Å²) in [7, 11) is 1.79. The summed E-state index contributed by atoms with van der Waals surface area (Å²) in [5, 5.41) is 3.71. The van der Waals surface area contributed by atoms with E-state index < -0.39 is 0 Å². The van der Waals surface area contributed by atoms with Crippen LogP contribution in [0.3, 0.4) is 0 Å². The second-order valence-corrected chi connectivity index (χ2v) is 4.70. The Morgan fingerprint density at radius 3 is 2.79 bits per heavy atom. The normalized spacial score (nSPS) is 30.2. The molecule has 0 saturated heterocycles. The van der Waals surface area contributed by atoms with Crippen molar-refractivity contribution in [2.45, 2.75) is 58.0 Å². The highest BCUT2D eigenvalue weighted by Gasteiger charge is 2.20. The monoisotopic (exact) mass is 199 g/mol. The molecule has 0 aliphatic heterocycles. The van der Waals surface area contributed by atoms with Crippen LogP contribution in [0.2, 0.25) is 0 Å². The Hall–Kier alpha value is -0.0800. The number of rotatable bonds is 5. The number of hydrogen-bond donors (Lipinski definition) is 1. The number of hydrogen-bond acceptors (Lipinski definition) is 2. The van der Waals surface area contributed by atoms with Crippen LogP contribution in [0.4, 0.5) is 0 Å². The van der Waals surface area contributed by atoms with Crippen LogP contribution in [0.25, 0.3) is 0 Å². The summed E-state index contributed by atoms with van der Waals surface area (Å²) in [4.78, 5) is 0. The first-order valence-corrected chi connectivity index (χ1v) is 6.01. The van der Waals surface area contributed by atoms with Gasteiger partial charge in [0, 0.05) is 19.2 Å². The lowest BCUT2D eigenvalue weighted by atomic mass is 9.86. The summed E-state index contributed by atoms with van der Waals surface area (Å²) in [5.41, 5.74) is 0. The molecule has 3 atom stereocenters. The second kappa shape index (κ2) is 6.41. The van der Waals surface area contributed by atoms with Crippen molar-refractivity contribution in [3.05, 3.63) is 0 Å². The molecule has 0 amide bonds. The van der Waals surface area contributed by atoms with Gasteiger partial charge in [-0.2, -0.15) is 0 Å². The van der Waals surface area contributed by atoms with E-state index in [0.29, 0.717) is 6.04 Å². The Morgan fingerprint density at radius 2 is 2.21 bits per heavy atom. The van der Waals surface area contributed by atoms with E-state index in [0.717, 1.165) is 18.6 Å². The highest BCUT2D eigenvalue weighted by molar-refractivity contribution is 4.79. The van der Waals surface area contributed by atoms with E-state index in [2.05, 4.69) is 19.2 Å². The SMILES string of the molecule is CCC(COC)NC1CCCC(C)C1. The zero-order valence-corrected chi connectivity index (χ0v) is 9.88. The molecular weight excluding hydrogens is 174 g/mol. The summed E-state index contributed by atoms with van der Waals surface area (Å²) in [6, 6.07) is 1.29. The highest BCUT2D eigenvalue weighted by Crippen LogP contribution is 2.23. The van der Waals surface area contributed by atoms with Crippen LogP contribution in [0.15, 0.2) is 0 Å². The van der Waals surface area contributed by atoms with Gasteiger partial charge in [-0.3, -0.25) is 0 Å². The van der Waals surface area contributed by atoms with Crippen molar-refractivity contribution in [1.82, 2.24) is 5.32 Å². The Balaban J connectivity index is 2.26. The molecule has 0 aromatic rings. The molecule has 1 aliphatic carbocycles. The van der Waals surface area contributed by atoms with Crippen molar-refractivity contribution in [3.8, 4) is 0 Å². The van der Waals surface area contributed by atoms with Crippen LogP contribution in [-0.4, -0.2) is 25.8 Å². The zero-order valence-electron chi connectivity index (χ0n) is 9.88. The van der Waals surface area contributed by atoms with Crippen molar-refractivity contribution >= 4 is 0 Å². The fourth-order valence-electron chi connectivity index (χ4n) is 2.40.